The summed E-state index contributed by atoms with van der Waals surface area (Å²) in [7, 11) is -2.65. The van der Waals surface area contributed by atoms with Gasteiger partial charge in [0.05, 0.1) is 0 Å². The van der Waals surface area contributed by atoms with Crippen molar-refractivity contribution in [1.29, 1.82) is 0 Å². The van der Waals surface area contributed by atoms with E-state index in [1.807, 2.05) is 13.8 Å². The van der Waals surface area contributed by atoms with Crippen molar-refractivity contribution in [1.82, 2.24) is 0 Å². The van der Waals surface area contributed by atoms with Crippen molar-refractivity contribution >= 4 is 86.7 Å². The molecule has 0 heterocycles. The zero-order valence-electron chi connectivity index (χ0n) is 12.4. The topological polar surface area (TPSA) is 18.5 Å². The number of hydrogen-bond donors (Lipinski definition) is 0. The Labute approximate surface area is 174 Å². The van der Waals surface area contributed by atoms with Gasteiger partial charge in [-0.1, -0.05) is 18.2 Å². The van der Waals surface area contributed by atoms with Gasteiger partial charge in [-0.2, -0.15) is 0 Å². The van der Waals surface area contributed by atoms with Crippen molar-refractivity contribution in [2.45, 2.75) is 13.8 Å². The molecule has 0 atom stereocenters. The molecule has 0 amide bonds. The van der Waals surface area contributed by atoms with Crippen molar-refractivity contribution in [2.24, 2.45) is 0 Å². The van der Waals surface area contributed by atoms with Crippen molar-refractivity contribution in [3.05, 3.63) is 53.2 Å². The first-order chi connectivity index (χ1) is 10.5. The summed E-state index contributed by atoms with van der Waals surface area (Å²) in [4.78, 5) is 0. The number of hydrogen-bond acceptors (Lipinski definition) is 2. The van der Waals surface area contributed by atoms with Crippen LogP contribution in [0.3, 0.4) is 0 Å². The third-order valence-electron chi connectivity index (χ3n) is 3.21. The maximum atomic E-state index is 6.31. The van der Waals surface area contributed by atoms with Crippen molar-refractivity contribution in [3.63, 3.8) is 0 Å². The maximum absolute atomic E-state index is 6.31. The summed E-state index contributed by atoms with van der Waals surface area (Å²) >= 11 is 7.06. The minimum absolute atomic E-state index is 0.639. The highest BCUT2D eigenvalue weighted by Gasteiger charge is 2.43. The average molecular weight is 650 g/mol. The number of benzene rings is 2. The molecule has 0 saturated carbocycles. The lowest BCUT2D eigenvalue weighted by Crippen LogP contribution is -2.64. The van der Waals surface area contributed by atoms with Gasteiger partial charge in [0.1, 0.15) is 0 Å². The minimum atomic E-state index is -2.65. The molecule has 0 fully saturated rings. The second-order valence-electron chi connectivity index (χ2n) is 4.61. The van der Waals surface area contributed by atoms with Crippen LogP contribution >= 0.6 is 67.8 Å². The van der Waals surface area contributed by atoms with Crippen LogP contribution in [0.2, 0.25) is 0 Å². The largest absolute Gasteiger partial charge is 0.408 e. The molecule has 0 saturated heterocycles. The van der Waals surface area contributed by atoms with E-state index in [9.17, 15) is 0 Å². The van der Waals surface area contributed by atoms with E-state index in [1.54, 1.807) is 0 Å². The first-order valence-electron chi connectivity index (χ1n) is 7.03. The van der Waals surface area contributed by atoms with Gasteiger partial charge in [-0.25, -0.2) is 0 Å². The first kappa shape index (κ1) is 19.1. The quantitative estimate of drug-likeness (QED) is 0.346. The van der Waals surface area contributed by atoms with Crippen LogP contribution in [0.5, 0.6) is 0 Å². The average Bonchev–Trinajstić information content (AvgIpc) is 2.48. The molecule has 2 aromatic rings. The van der Waals surface area contributed by atoms with Gasteiger partial charge >= 0.3 is 8.56 Å². The maximum Gasteiger partial charge on any atom is 0.408 e. The fourth-order valence-electron chi connectivity index (χ4n) is 2.35. The molecular formula is C16H17I3O2Si. The van der Waals surface area contributed by atoms with Gasteiger partial charge in [-0.05, 0) is 111 Å². The molecule has 0 unspecified atom stereocenters. The van der Waals surface area contributed by atoms with Gasteiger partial charge in [-0.15, -0.1) is 0 Å². The Balaban J connectivity index is 2.64. The molecule has 0 radical (unpaired) electrons. The molecule has 0 spiro atoms. The molecule has 118 valence electrons. The summed E-state index contributed by atoms with van der Waals surface area (Å²) < 4.78 is 16.3. The smallest absolute Gasteiger partial charge is 0.388 e. The molecule has 2 rings (SSSR count). The number of rotatable bonds is 6. The van der Waals surface area contributed by atoms with E-state index in [0.29, 0.717) is 13.2 Å². The Morgan fingerprint density at radius 1 is 0.818 bits per heavy atom. The van der Waals surface area contributed by atoms with E-state index < -0.39 is 8.56 Å². The highest BCUT2D eigenvalue weighted by atomic mass is 127. The zero-order valence-corrected chi connectivity index (χ0v) is 19.9. The van der Waals surface area contributed by atoms with Crippen LogP contribution in [0.15, 0.2) is 42.5 Å². The molecular weight excluding hydrogens is 633 g/mol. The third-order valence-corrected chi connectivity index (χ3v) is 9.63. The normalized spacial score (nSPS) is 11.7. The fourth-order valence-corrected chi connectivity index (χ4v) is 8.53. The van der Waals surface area contributed by atoms with Crippen LogP contribution in [0.25, 0.3) is 0 Å². The second kappa shape index (κ2) is 8.74. The van der Waals surface area contributed by atoms with Crippen LogP contribution in [-0.2, 0) is 8.85 Å². The predicted octanol–water partition coefficient (Wildman–Crippen LogP) is 4.13. The standard InChI is InChI=1S/C16H17I3O2Si/c1-3-20-22(21-4-2,14-8-5-12(17)6-9-14)16-10-7-13(18)11-15(16)19/h5-11H,3-4H2,1-2H3. The van der Waals surface area contributed by atoms with Gasteiger partial charge in [0.15, 0.2) is 0 Å². The Morgan fingerprint density at radius 2 is 1.36 bits per heavy atom. The Bertz CT molecular complexity index is 626. The Hall–Kier alpha value is 0.767. The van der Waals surface area contributed by atoms with E-state index in [0.717, 1.165) is 5.19 Å². The minimum Gasteiger partial charge on any atom is -0.388 e. The summed E-state index contributed by atoms with van der Waals surface area (Å²) in [5.74, 6) is 0. The molecule has 0 aliphatic rings. The lowest BCUT2D eigenvalue weighted by atomic mass is 10.4. The molecule has 0 aliphatic heterocycles. The molecule has 0 bridgehead atoms. The molecule has 6 heteroatoms. The highest BCUT2D eigenvalue weighted by Crippen LogP contribution is 2.17. The molecule has 0 aromatic heterocycles. The zero-order chi connectivity index (χ0) is 16.2. The van der Waals surface area contributed by atoms with E-state index in [-0.39, 0.29) is 0 Å². The van der Waals surface area contributed by atoms with Crippen molar-refractivity contribution in [2.75, 3.05) is 13.2 Å². The number of halogens is 3. The predicted molar refractivity (Wildman–Crippen MR) is 119 cm³/mol. The van der Waals surface area contributed by atoms with Crippen LogP contribution in [0.1, 0.15) is 13.8 Å². The van der Waals surface area contributed by atoms with E-state index in [4.69, 9.17) is 8.85 Å². The monoisotopic (exact) mass is 650 g/mol. The SMILES string of the molecule is CCO[Si](OCC)(c1ccc(I)cc1)c1ccc(I)cc1I. The lowest BCUT2D eigenvalue weighted by molar-refractivity contribution is 0.208. The molecule has 2 aromatic carbocycles. The van der Waals surface area contributed by atoms with Crippen LogP contribution in [0.4, 0.5) is 0 Å². The third kappa shape index (κ3) is 4.24. The van der Waals surface area contributed by atoms with E-state index in [1.165, 1.54) is 15.9 Å². The molecule has 0 aliphatic carbocycles. The van der Waals surface area contributed by atoms with Gasteiger partial charge in [0, 0.05) is 29.1 Å². The second-order valence-corrected chi connectivity index (χ2v) is 11.2. The fraction of sp³-hybridized carbons (Fsp3) is 0.250. The van der Waals surface area contributed by atoms with Gasteiger partial charge in [-0.3, -0.25) is 0 Å². The van der Waals surface area contributed by atoms with Crippen LogP contribution in [-0.4, -0.2) is 21.8 Å². The first-order valence-corrected chi connectivity index (χ1v) is 12.1. The highest BCUT2D eigenvalue weighted by molar-refractivity contribution is 14.1. The van der Waals surface area contributed by atoms with E-state index in [2.05, 4.69) is 110 Å². The van der Waals surface area contributed by atoms with Crippen LogP contribution < -0.4 is 10.4 Å². The molecule has 22 heavy (non-hydrogen) atoms. The van der Waals surface area contributed by atoms with E-state index >= 15 is 0 Å². The van der Waals surface area contributed by atoms with Crippen molar-refractivity contribution in [3.8, 4) is 0 Å². The van der Waals surface area contributed by atoms with Gasteiger partial charge in [0.25, 0.3) is 0 Å². The summed E-state index contributed by atoms with van der Waals surface area (Å²) in [5.41, 5.74) is 0. The summed E-state index contributed by atoms with van der Waals surface area (Å²) in [5, 5.41) is 2.36. The Morgan fingerprint density at radius 3 is 1.86 bits per heavy atom. The summed E-state index contributed by atoms with van der Waals surface area (Å²) in [6, 6.07) is 15.0. The van der Waals surface area contributed by atoms with Gasteiger partial charge < -0.3 is 8.85 Å². The van der Waals surface area contributed by atoms with Crippen molar-refractivity contribution < 1.29 is 8.85 Å². The van der Waals surface area contributed by atoms with Crippen LogP contribution in [0, 0.1) is 10.7 Å². The molecule has 0 N–H and O–H groups in total. The summed E-state index contributed by atoms with van der Waals surface area (Å²) in [6.07, 6.45) is 0. The summed E-state index contributed by atoms with van der Waals surface area (Å²) in [6.45, 7) is 5.35. The Kier molecular flexibility index (Phi) is 7.59. The lowest BCUT2D eigenvalue weighted by Gasteiger charge is -2.31. The van der Waals surface area contributed by atoms with Gasteiger partial charge in [0.2, 0.25) is 0 Å². The molecule has 2 nitrogen and oxygen atoms in total.